The molecule has 0 aromatic carbocycles. The predicted molar refractivity (Wildman–Crippen MR) is 104 cm³/mol. The van der Waals surface area contributed by atoms with Gasteiger partial charge < -0.3 is 14.0 Å². The van der Waals surface area contributed by atoms with Gasteiger partial charge in [-0.25, -0.2) is 4.98 Å². The highest BCUT2D eigenvalue weighted by Gasteiger charge is 2.27. The molecular formula is C21H31N3O2. The Bertz CT molecular complexity index is 782. The number of aromatic nitrogens is 2. The molecule has 0 atom stereocenters. The summed E-state index contributed by atoms with van der Waals surface area (Å²) >= 11 is 0. The van der Waals surface area contributed by atoms with Crippen LogP contribution in [0.15, 0.2) is 18.3 Å². The first-order valence-electron chi connectivity index (χ1n) is 9.66. The summed E-state index contributed by atoms with van der Waals surface area (Å²) in [5.74, 6) is 0.679. The molecule has 0 spiro atoms. The first-order valence-corrected chi connectivity index (χ1v) is 9.66. The van der Waals surface area contributed by atoms with Crippen molar-refractivity contribution in [2.75, 3.05) is 26.8 Å². The van der Waals surface area contributed by atoms with Crippen LogP contribution in [0.5, 0.6) is 0 Å². The van der Waals surface area contributed by atoms with E-state index in [2.05, 4.69) is 25.2 Å². The van der Waals surface area contributed by atoms with E-state index in [-0.39, 0.29) is 11.3 Å². The Hall–Kier alpha value is -1.88. The van der Waals surface area contributed by atoms with Crippen LogP contribution < -0.4 is 0 Å². The van der Waals surface area contributed by atoms with Gasteiger partial charge in [0.2, 0.25) is 0 Å². The third-order valence-corrected chi connectivity index (χ3v) is 5.33. The molecule has 2 aromatic heterocycles. The van der Waals surface area contributed by atoms with Crippen LogP contribution in [0, 0.1) is 5.92 Å². The molecule has 0 saturated carbocycles. The maximum atomic E-state index is 12.5. The minimum Gasteiger partial charge on any atom is -0.381 e. The number of fused-ring (bicyclic) bond motifs is 1. The van der Waals surface area contributed by atoms with Crippen molar-refractivity contribution in [3.05, 3.63) is 35.3 Å². The molecule has 1 fully saturated rings. The van der Waals surface area contributed by atoms with E-state index < -0.39 is 0 Å². The van der Waals surface area contributed by atoms with Crippen LogP contribution in [0.2, 0.25) is 0 Å². The smallest absolute Gasteiger partial charge is 0.253 e. The highest BCUT2D eigenvalue weighted by atomic mass is 16.5. The topological polar surface area (TPSA) is 46.8 Å². The van der Waals surface area contributed by atoms with E-state index in [4.69, 9.17) is 9.72 Å². The fraction of sp³-hybridized carbons (Fsp3) is 0.619. The van der Waals surface area contributed by atoms with Crippen LogP contribution in [-0.4, -0.2) is 47.0 Å². The van der Waals surface area contributed by atoms with Crippen LogP contribution in [-0.2, 0) is 16.6 Å². The number of carbonyl (C=O) groups excluding carboxylic acids is 1. The molecule has 1 saturated heterocycles. The largest absolute Gasteiger partial charge is 0.381 e. The lowest BCUT2D eigenvalue weighted by Gasteiger charge is -2.24. The fourth-order valence-corrected chi connectivity index (χ4v) is 3.61. The standard InChI is InChI=1S/C21H31N3O2/c1-6-23(5)20(25)16-7-10-24-17(13-15-8-11-26-12-9-15)19(21(2,3)4)22-18(24)14-16/h7,10,14-15H,6,8-9,11-13H2,1-5H3. The molecule has 3 rings (SSSR count). The normalized spacial score (nSPS) is 16.2. The zero-order chi connectivity index (χ0) is 18.9. The quantitative estimate of drug-likeness (QED) is 0.838. The number of hydrogen-bond donors (Lipinski definition) is 0. The lowest BCUT2D eigenvalue weighted by molar-refractivity contribution is 0.0661. The van der Waals surface area contributed by atoms with Gasteiger partial charge in [-0.05, 0) is 44.2 Å². The van der Waals surface area contributed by atoms with Gasteiger partial charge in [0.15, 0.2) is 0 Å². The molecule has 0 unspecified atom stereocenters. The number of imidazole rings is 1. The van der Waals surface area contributed by atoms with Gasteiger partial charge in [-0.15, -0.1) is 0 Å². The molecule has 0 aliphatic carbocycles. The Balaban J connectivity index is 2.02. The maximum absolute atomic E-state index is 12.5. The highest BCUT2D eigenvalue weighted by Crippen LogP contribution is 2.30. The molecule has 1 aliphatic heterocycles. The molecule has 0 bridgehead atoms. The van der Waals surface area contributed by atoms with Crippen molar-refractivity contribution in [3.8, 4) is 0 Å². The van der Waals surface area contributed by atoms with Crippen LogP contribution in [0.1, 0.15) is 62.3 Å². The van der Waals surface area contributed by atoms with Crippen LogP contribution in [0.3, 0.4) is 0 Å². The number of carbonyl (C=O) groups is 1. The van der Waals surface area contributed by atoms with Crippen molar-refractivity contribution >= 4 is 11.6 Å². The number of hydrogen-bond acceptors (Lipinski definition) is 3. The van der Waals surface area contributed by atoms with Crippen molar-refractivity contribution in [1.82, 2.24) is 14.3 Å². The minimum absolute atomic E-state index is 0.0309. The van der Waals surface area contributed by atoms with Gasteiger partial charge >= 0.3 is 0 Å². The number of rotatable bonds is 4. The van der Waals surface area contributed by atoms with E-state index in [0.717, 1.165) is 43.8 Å². The average molecular weight is 357 g/mol. The summed E-state index contributed by atoms with van der Waals surface area (Å²) in [7, 11) is 1.83. The zero-order valence-electron chi connectivity index (χ0n) is 16.7. The maximum Gasteiger partial charge on any atom is 0.253 e. The molecule has 2 aromatic rings. The molecule has 26 heavy (non-hydrogen) atoms. The van der Waals surface area contributed by atoms with E-state index in [1.54, 1.807) is 4.90 Å². The van der Waals surface area contributed by atoms with Crippen molar-refractivity contribution < 1.29 is 9.53 Å². The summed E-state index contributed by atoms with van der Waals surface area (Å²) in [6.45, 7) is 11.0. The minimum atomic E-state index is -0.0309. The number of amides is 1. The Morgan fingerprint density at radius 1 is 1.35 bits per heavy atom. The molecule has 0 radical (unpaired) electrons. The molecule has 1 aliphatic rings. The molecule has 5 nitrogen and oxygen atoms in total. The van der Waals surface area contributed by atoms with Crippen molar-refractivity contribution in [1.29, 1.82) is 0 Å². The lowest BCUT2D eigenvalue weighted by atomic mass is 9.86. The monoisotopic (exact) mass is 357 g/mol. The molecule has 5 heteroatoms. The van der Waals surface area contributed by atoms with Gasteiger partial charge in [-0.2, -0.15) is 0 Å². The number of nitrogens with zero attached hydrogens (tertiary/aromatic N) is 3. The van der Waals surface area contributed by atoms with Crippen LogP contribution >= 0.6 is 0 Å². The molecule has 0 N–H and O–H groups in total. The van der Waals surface area contributed by atoms with Gasteiger partial charge in [0.1, 0.15) is 5.65 Å². The zero-order valence-corrected chi connectivity index (χ0v) is 16.7. The van der Waals surface area contributed by atoms with Gasteiger partial charge in [0.05, 0.1) is 5.69 Å². The van der Waals surface area contributed by atoms with Gasteiger partial charge in [-0.1, -0.05) is 20.8 Å². The van der Waals surface area contributed by atoms with Crippen LogP contribution in [0.25, 0.3) is 5.65 Å². The van der Waals surface area contributed by atoms with Gasteiger partial charge in [0.25, 0.3) is 5.91 Å². The first-order chi connectivity index (χ1) is 12.3. The van der Waals surface area contributed by atoms with Gasteiger partial charge in [-0.3, -0.25) is 4.79 Å². The van der Waals surface area contributed by atoms with E-state index in [1.165, 1.54) is 5.69 Å². The molecule has 3 heterocycles. The SMILES string of the molecule is CCN(C)C(=O)c1ccn2c(CC3CCOCC3)c(C(C)(C)C)nc2c1. The summed E-state index contributed by atoms with van der Waals surface area (Å²) in [5.41, 5.74) is 3.95. The highest BCUT2D eigenvalue weighted by molar-refractivity contribution is 5.94. The fourth-order valence-electron chi connectivity index (χ4n) is 3.61. The predicted octanol–water partition coefficient (Wildman–Crippen LogP) is 3.69. The third kappa shape index (κ3) is 3.78. The molecule has 142 valence electrons. The third-order valence-electron chi connectivity index (χ3n) is 5.33. The van der Waals surface area contributed by atoms with Crippen molar-refractivity contribution in [2.24, 2.45) is 5.92 Å². The Morgan fingerprint density at radius 2 is 2.04 bits per heavy atom. The molecule has 1 amide bonds. The second kappa shape index (κ2) is 7.39. The molecular weight excluding hydrogens is 326 g/mol. The summed E-state index contributed by atoms with van der Waals surface area (Å²) in [6, 6.07) is 3.85. The lowest BCUT2D eigenvalue weighted by Crippen LogP contribution is -2.26. The van der Waals surface area contributed by atoms with E-state index in [9.17, 15) is 4.79 Å². The average Bonchev–Trinajstić information content (AvgIpc) is 2.99. The Labute approximate surface area is 156 Å². The summed E-state index contributed by atoms with van der Waals surface area (Å²) in [6.07, 6.45) is 5.24. The summed E-state index contributed by atoms with van der Waals surface area (Å²) in [5, 5.41) is 0. The Morgan fingerprint density at radius 3 is 2.65 bits per heavy atom. The van der Waals surface area contributed by atoms with E-state index in [0.29, 0.717) is 18.0 Å². The number of pyridine rings is 1. The van der Waals surface area contributed by atoms with Crippen LogP contribution in [0.4, 0.5) is 0 Å². The van der Waals surface area contributed by atoms with Crippen molar-refractivity contribution in [3.63, 3.8) is 0 Å². The van der Waals surface area contributed by atoms with Gasteiger partial charge in [0, 0.05) is 49.7 Å². The summed E-state index contributed by atoms with van der Waals surface area (Å²) in [4.78, 5) is 19.2. The Kier molecular flexibility index (Phi) is 5.37. The number of ether oxygens (including phenoxy) is 1. The first kappa shape index (κ1) is 18.9. The summed E-state index contributed by atoms with van der Waals surface area (Å²) < 4.78 is 7.69. The second-order valence-corrected chi connectivity index (χ2v) is 8.38. The van der Waals surface area contributed by atoms with Crippen molar-refractivity contribution in [2.45, 2.75) is 52.4 Å². The van der Waals surface area contributed by atoms with E-state index >= 15 is 0 Å². The van der Waals surface area contributed by atoms with E-state index in [1.807, 2.05) is 32.3 Å². The second-order valence-electron chi connectivity index (χ2n) is 8.38.